The van der Waals surface area contributed by atoms with Gasteiger partial charge in [-0.1, -0.05) is 30.3 Å². The predicted molar refractivity (Wildman–Crippen MR) is 63.0 cm³/mol. The summed E-state index contributed by atoms with van der Waals surface area (Å²) >= 11 is 0. The van der Waals surface area contributed by atoms with Gasteiger partial charge in [-0.2, -0.15) is 0 Å². The summed E-state index contributed by atoms with van der Waals surface area (Å²) in [5, 5.41) is 9.95. The van der Waals surface area contributed by atoms with Crippen LogP contribution < -0.4 is 0 Å². The van der Waals surface area contributed by atoms with Crippen molar-refractivity contribution in [1.82, 2.24) is 4.90 Å². The van der Waals surface area contributed by atoms with Crippen LogP contribution >= 0.6 is 0 Å². The molecule has 2 unspecified atom stereocenters. The topological polar surface area (TPSA) is 32.7 Å². The van der Waals surface area contributed by atoms with E-state index in [1.54, 1.807) is 13.8 Å². The first-order chi connectivity index (χ1) is 7.48. The van der Waals surface area contributed by atoms with E-state index in [1.165, 1.54) is 0 Å². The van der Waals surface area contributed by atoms with Gasteiger partial charge in [0, 0.05) is 6.54 Å². The van der Waals surface area contributed by atoms with Crippen LogP contribution in [-0.2, 0) is 4.74 Å². The summed E-state index contributed by atoms with van der Waals surface area (Å²) < 4.78 is 5.90. The Morgan fingerprint density at radius 1 is 1.31 bits per heavy atom. The quantitative estimate of drug-likeness (QED) is 0.826. The van der Waals surface area contributed by atoms with Crippen molar-refractivity contribution in [3.63, 3.8) is 0 Å². The van der Waals surface area contributed by atoms with Gasteiger partial charge >= 0.3 is 0 Å². The van der Waals surface area contributed by atoms with Crippen molar-refractivity contribution >= 4 is 0 Å². The molecule has 0 aliphatic carbocycles. The highest BCUT2D eigenvalue weighted by atomic mass is 16.5. The van der Waals surface area contributed by atoms with Gasteiger partial charge in [0.25, 0.3) is 0 Å². The molecule has 2 rings (SSSR count). The van der Waals surface area contributed by atoms with Crippen molar-refractivity contribution < 1.29 is 9.84 Å². The first-order valence-electron chi connectivity index (χ1n) is 5.61. The first kappa shape index (κ1) is 11.6. The monoisotopic (exact) mass is 221 g/mol. The Morgan fingerprint density at radius 2 is 1.94 bits per heavy atom. The molecule has 16 heavy (non-hydrogen) atoms. The van der Waals surface area contributed by atoms with Crippen LogP contribution in [0.1, 0.15) is 25.6 Å². The molecule has 3 heteroatoms. The van der Waals surface area contributed by atoms with Crippen molar-refractivity contribution in [2.75, 3.05) is 13.6 Å². The normalized spacial score (nSPS) is 27.2. The molecule has 2 atom stereocenters. The Labute approximate surface area is 96.6 Å². The highest BCUT2D eigenvalue weighted by molar-refractivity contribution is 5.18. The molecule has 3 nitrogen and oxygen atoms in total. The number of rotatable bonds is 2. The van der Waals surface area contributed by atoms with Crippen molar-refractivity contribution in [3.05, 3.63) is 35.9 Å². The molecule has 0 spiro atoms. The van der Waals surface area contributed by atoms with Gasteiger partial charge in [-0.05, 0) is 26.5 Å². The van der Waals surface area contributed by atoms with Crippen molar-refractivity contribution in [2.45, 2.75) is 31.8 Å². The number of nitrogens with zero attached hydrogens (tertiary/aromatic N) is 1. The van der Waals surface area contributed by atoms with E-state index in [1.807, 2.05) is 37.4 Å². The molecule has 1 aliphatic heterocycles. The van der Waals surface area contributed by atoms with Gasteiger partial charge in [0.05, 0.1) is 5.60 Å². The van der Waals surface area contributed by atoms with Crippen LogP contribution in [0.2, 0.25) is 0 Å². The molecule has 1 heterocycles. The fourth-order valence-electron chi connectivity index (χ4n) is 2.00. The maximum Gasteiger partial charge on any atom is 0.137 e. The Kier molecular flexibility index (Phi) is 3.02. The number of likely N-dealkylation sites (N-methyl/N-ethyl adjacent to an activating group) is 1. The number of hydrogen-bond acceptors (Lipinski definition) is 3. The number of hydrogen-bond donors (Lipinski definition) is 1. The minimum Gasteiger partial charge on any atom is -0.388 e. The van der Waals surface area contributed by atoms with Crippen LogP contribution in [-0.4, -0.2) is 35.3 Å². The highest BCUT2D eigenvalue weighted by Crippen LogP contribution is 2.32. The average molecular weight is 221 g/mol. The maximum atomic E-state index is 9.95. The third-order valence-electron chi connectivity index (χ3n) is 3.02. The zero-order chi connectivity index (χ0) is 11.8. The van der Waals surface area contributed by atoms with Crippen LogP contribution in [0.4, 0.5) is 0 Å². The minimum absolute atomic E-state index is 0.0439. The SMILES string of the molecule is CN1CC(C(C)(C)O)OC1c1ccccc1. The van der Waals surface area contributed by atoms with Gasteiger partial charge in [0.2, 0.25) is 0 Å². The molecular weight excluding hydrogens is 202 g/mol. The van der Waals surface area contributed by atoms with E-state index in [0.29, 0.717) is 0 Å². The summed E-state index contributed by atoms with van der Waals surface area (Å²) in [4.78, 5) is 2.12. The smallest absolute Gasteiger partial charge is 0.137 e. The van der Waals surface area contributed by atoms with E-state index in [9.17, 15) is 5.11 Å². The molecule has 1 aromatic carbocycles. The second-order valence-corrected chi connectivity index (χ2v) is 4.98. The molecule has 1 fully saturated rings. The Bertz CT molecular complexity index is 345. The largest absolute Gasteiger partial charge is 0.388 e. The Balaban J connectivity index is 2.15. The number of aliphatic hydroxyl groups is 1. The lowest BCUT2D eigenvalue weighted by atomic mass is 10.0. The standard InChI is InChI=1S/C13H19NO2/c1-13(2,15)11-9-14(3)12(16-11)10-7-5-4-6-8-10/h4-8,11-12,15H,9H2,1-3H3. The fourth-order valence-corrected chi connectivity index (χ4v) is 2.00. The van der Waals surface area contributed by atoms with Gasteiger partial charge in [0.1, 0.15) is 12.3 Å². The number of benzene rings is 1. The molecule has 1 aliphatic rings. The third kappa shape index (κ3) is 2.26. The summed E-state index contributed by atoms with van der Waals surface area (Å²) in [5.74, 6) is 0. The zero-order valence-corrected chi connectivity index (χ0v) is 10.1. The highest BCUT2D eigenvalue weighted by Gasteiger charge is 2.39. The van der Waals surface area contributed by atoms with Gasteiger partial charge in [0.15, 0.2) is 0 Å². The van der Waals surface area contributed by atoms with Crippen LogP contribution in [0.15, 0.2) is 30.3 Å². The van der Waals surface area contributed by atoms with Gasteiger partial charge in [-0.15, -0.1) is 0 Å². The maximum absolute atomic E-state index is 9.95. The molecule has 0 amide bonds. The Morgan fingerprint density at radius 3 is 2.44 bits per heavy atom. The Hall–Kier alpha value is -0.900. The van der Waals surface area contributed by atoms with Crippen molar-refractivity contribution in [3.8, 4) is 0 Å². The van der Waals surface area contributed by atoms with E-state index in [2.05, 4.69) is 4.90 Å². The van der Waals surface area contributed by atoms with Gasteiger partial charge in [-0.25, -0.2) is 0 Å². The molecule has 0 bridgehead atoms. The summed E-state index contributed by atoms with van der Waals surface area (Å²) in [7, 11) is 2.02. The average Bonchev–Trinajstić information content (AvgIpc) is 2.61. The van der Waals surface area contributed by atoms with Crippen LogP contribution in [0.25, 0.3) is 0 Å². The van der Waals surface area contributed by atoms with E-state index in [0.717, 1.165) is 12.1 Å². The summed E-state index contributed by atoms with van der Waals surface area (Å²) in [5.41, 5.74) is 0.342. The molecule has 0 saturated carbocycles. The second-order valence-electron chi connectivity index (χ2n) is 4.98. The summed E-state index contributed by atoms with van der Waals surface area (Å²) in [6, 6.07) is 10.1. The minimum atomic E-state index is -0.794. The summed E-state index contributed by atoms with van der Waals surface area (Å²) in [6.45, 7) is 4.33. The summed E-state index contributed by atoms with van der Waals surface area (Å²) in [6.07, 6.45) is -0.180. The second kappa shape index (κ2) is 4.17. The van der Waals surface area contributed by atoms with Crippen LogP contribution in [0, 0.1) is 0 Å². The number of ether oxygens (including phenoxy) is 1. The lowest BCUT2D eigenvalue weighted by Gasteiger charge is -2.24. The zero-order valence-electron chi connectivity index (χ0n) is 10.1. The molecule has 0 radical (unpaired) electrons. The van der Waals surface area contributed by atoms with Crippen molar-refractivity contribution in [1.29, 1.82) is 0 Å². The lowest BCUT2D eigenvalue weighted by molar-refractivity contribution is -0.0877. The van der Waals surface area contributed by atoms with E-state index in [-0.39, 0.29) is 12.3 Å². The first-order valence-corrected chi connectivity index (χ1v) is 5.61. The molecule has 1 aromatic rings. The molecular formula is C13H19NO2. The molecule has 0 aromatic heterocycles. The van der Waals surface area contributed by atoms with E-state index >= 15 is 0 Å². The van der Waals surface area contributed by atoms with Crippen LogP contribution in [0.5, 0.6) is 0 Å². The van der Waals surface area contributed by atoms with E-state index in [4.69, 9.17) is 4.74 Å². The molecule has 88 valence electrons. The van der Waals surface area contributed by atoms with Gasteiger partial charge in [-0.3, -0.25) is 4.90 Å². The van der Waals surface area contributed by atoms with E-state index < -0.39 is 5.60 Å². The molecule has 1 saturated heterocycles. The van der Waals surface area contributed by atoms with Gasteiger partial charge < -0.3 is 9.84 Å². The van der Waals surface area contributed by atoms with Crippen molar-refractivity contribution in [2.24, 2.45) is 0 Å². The lowest BCUT2D eigenvalue weighted by Crippen LogP contribution is -2.38. The van der Waals surface area contributed by atoms with Crippen LogP contribution in [0.3, 0.4) is 0 Å². The third-order valence-corrected chi connectivity index (χ3v) is 3.02. The molecule has 1 N–H and O–H groups in total. The fraction of sp³-hybridized carbons (Fsp3) is 0.538. The predicted octanol–water partition coefficient (Wildman–Crippen LogP) is 1.79.